The number of halogens is 1. The van der Waals surface area contributed by atoms with Gasteiger partial charge in [0.2, 0.25) is 0 Å². The van der Waals surface area contributed by atoms with E-state index in [2.05, 4.69) is 10.4 Å². The maximum atomic E-state index is 14.2. The third kappa shape index (κ3) is 3.70. The number of ether oxygens (including phenoxy) is 1. The van der Waals surface area contributed by atoms with Crippen LogP contribution in [0.1, 0.15) is 37.7 Å². The fraction of sp³-hybridized carbons (Fsp3) is 0.412. The van der Waals surface area contributed by atoms with Gasteiger partial charge in [-0.15, -0.1) is 0 Å². The summed E-state index contributed by atoms with van der Waals surface area (Å²) < 4.78 is 20.8. The van der Waals surface area contributed by atoms with Gasteiger partial charge in [0.25, 0.3) is 5.91 Å². The fourth-order valence-electron chi connectivity index (χ4n) is 2.20. The highest BCUT2D eigenvalue weighted by molar-refractivity contribution is 5.93. The summed E-state index contributed by atoms with van der Waals surface area (Å²) in [5, 5.41) is 7.25. The minimum Gasteiger partial charge on any atom is -0.497 e. The van der Waals surface area contributed by atoms with Crippen molar-refractivity contribution in [1.82, 2.24) is 15.1 Å². The van der Waals surface area contributed by atoms with Gasteiger partial charge in [0.15, 0.2) is 0 Å². The van der Waals surface area contributed by atoms with Gasteiger partial charge in [-0.25, -0.2) is 4.39 Å². The molecule has 1 aromatic carbocycles. The zero-order valence-electron chi connectivity index (χ0n) is 13.9. The van der Waals surface area contributed by atoms with E-state index in [4.69, 9.17) is 4.74 Å². The van der Waals surface area contributed by atoms with Crippen LogP contribution in [-0.4, -0.2) is 28.8 Å². The third-order valence-corrected chi connectivity index (χ3v) is 3.75. The SMILES string of the molecule is CC[C@@H](C)NC(=O)c1cc(-c2ccc(OC)cc2F)nn1CC. The standard InChI is InChI=1S/C17H22FN3O2/c1-5-11(3)19-17(22)16-10-15(20-21(16)6-2)13-8-7-12(23-4)9-14(13)18/h7-11H,5-6H2,1-4H3,(H,19,22)/t11-/m1/s1. The molecule has 2 aromatic rings. The van der Waals surface area contributed by atoms with Crippen LogP contribution < -0.4 is 10.1 Å². The summed E-state index contributed by atoms with van der Waals surface area (Å²) in [6, 6.07) is 6.27. The van der Waals surface area contributed by atoms with Gasteiger partial charge < -0.3 is 10.1 Å². The average molecular weight is 319 g/mol. The van der Waals surface area contributed by atoms with Gasteiger partial charge in [-0.2, -0.15) is 5.10 Å². The molecule has 0 aliphatic heterocycles. The number of rotatable bonds is 6. The molecule has 1 heterocycles. The highest BCUT2D eigenvalue weighted by atomic mass is 19.1. The van der Waals surface area contributed by atoms with Crippen LogP contribution in [0.3, 0.4) is 0 Å². The quantitative estimate of drug-likeness (QED) is 0.889. The van der Waals surface area contributed by atoms with Crippen molar-refractivity contribution in [1.29, 1.82) is 0 Å². The summed E-state index contributed by atoms with van der Waals surface area (Å²) in [7, 11) is 1.48. The van der Waals surface area contributed by atoms with E-state index in [1.165, 1.54) is 13.2 Å². The second-order valence-electron chi connectivity index (χ2n) is 5.36. The molecule has 0 saturated heterocycles. The first-order valence-electron chi connectivity index (χ1n) is 7.72. The zero-order valence-corrected chi connectivity index (χ0v) is 13.9. The summed E-state index contributed by atoms with van der Waals surface area (Å²) in [4.78, 5) is 12.3. The molecule has 0 aliphatic rings. The number of carbonyl (C=O) groups is 1. The van der Waals surface area contributed by atoms with Crippen molar-refractivity contribution in [3.8, 4) is 17.0 Å². The minimum atomic E-state index is -0.431. The Morgan fingerprint density at radius 2 is 2.13 bits per heavy atom. The normalized spacial score (nSPS) is 12.0. The van der Waals surface area contributed by atoms with Crippen molar-refractivity contribution in [3.05, 3.63) is 35.8 Å². The van der Waals surface area contributed by atoms with Crippen LogP contribution in [0.15, 0.2) is 24.3 Å². The number of nitrogens with zero attached hydrogens (tertiary/aromatic N) is 2. The molecule has 2 rings (SSSR count). The summed E-state index contributed by atoms with van der Waals surface area (Å²) in [5.41, 5.74) is 1.20. The smallest absolute Gasteiger partial charge is 0.269 e. The maximum Gasteiger partial charge on any atom is 0.269 e. The van der Waals surface area contributed by atoms with Crippen molar-refractivity contribution in [2.24, 2.45) is 0 Å². The molecule has 0 radical (unpaired) electrons. The molecule has 124 valence electrons. The first-order chi connectivity index (χ1) is 11.0. The van der Waals surface area contributed by atoms with E-state index in [-0.39, 0.29) is 11.9 Å². The molecule has 1 aromatic heterocycles. The highest BCUT2D eigenvalue weighted by Crippen LogP contribution is 2.26. The minimum absolute atomic E-state index is 0.0730. The Morgan fingerprint density at radius 1 is 1.39 bits per heavy atom. The molecule has 0 spiro atoms. The monoisotopic (exact) mass is 319 g/mol. The number of hydrogen-bond donors (Lipinski definition) is 1. The Bertz CT molecular complexity index is 697. The van der Waals surface area contributed by atoms with E-state index >= 15 is 0 Å². The van der Waals surface area contributed by atoms with E-state index < -0.39 is 5.82 Å². The first kappa shape index (κ1) is 17.0. The molecule has 0 unspecified atom stereocenters. The summed E-state index contributed by atoms with van der Waals surface area (Å²) in [6.07, 6.45) is 0.839. The van der Waals surface area contributed by atoms with Crippen LogP contribution in [0.4, 0.5) is 4.39 Å². The van der Waals surface area contributed by atoms with E-state index in [1.807, 2.05) is 20.8 Å². The van der Waals surface area contributed by atoms with Crippen molar-refractivity contribution in [2.75, 3.05) is 7.11 Å². The van der Waals surface area contributed by atoms with Crippen LogP contribution in [0.25, 0.3) is 11.3 Å². The number of carbonyl (C=O) groups excluding carboxylic acids is 1. The number of hydrogen-bond acceptors (Lipinski definition) is 3. The number of amides is 1. The van der Waals surface area contributed by atoms with Gasteiger partial charge in [-0.05, 0) is 38.5 Å². The molecular weight excluding hydrogens is 297 g/mol. The molecule has 5 nitrogen and oxygen atoms in total. The van der Waals surface area contributed by atoms with Crippen molar-refractivity contribution < 1.29 is 13.9 Å². The zero-order chi connectivity index (χ0) is 17.0. The molecule has 0 saturated carbocycles. The Morgan fingerprint density at radius 3 is 2.70 bits per heavy atom. The Kier molecular flexibility index (Phi) is 5.36. The summed E-state index contributed by atoms with van der Waals surface area (Å²) >= 11 is 0. The lowest BCUT2D eigenvalue weighted by Crippen LogP contribution is -2.33. The van der Waals surface area contributed by atoms with E-state index in [0.29, 0.717) is 29.2 Å². The molecule has 1 amide bonds. The van der Waals surface area contributed by atoms with Gasteiger partial charge in [0, 0.05) is 24.2 Å². The predicted octanol–water partition coefficient (Wildman–Crippen LogP) is 3.25. The number of aryl methyl sites for hydroxylation is 1. The maximum absolute atomic E-state index is 14.2. The molecule has 0 fully saturated rings. The number of benzene rings is 1. The summed E-state index contributed by atoms with van der Waals surface area (Å²) in [5.74, 6) is -0.191. The van der Waals surface area contributed by atoms with Gasteiger partial charge in [0.05, 0.1) is 12.8 Å². The fourth-order valence-corrected chi connectivity index (χ4v) is 2.20. The Labute approximate surface area is 135 Å². The van der Waals surface area contributed by atoms with Crippen LogP contribution >= 0.6 is 0 Å². The predicted molar refractivity (Wildman–Crippen MR) is 87.1 cm³/mol. The van der Waals surface area contributed by atoms with Gasteiger partial charge in [-0.3, -0.25) is 9.48 Å². The Hall–Kier alpha value is -2.37. The van der Waals surface area contributed by atoms with Crippen LogP contribution in [0.2, 0.25) is 0 Å². The second-order valence-corrected chi connectivity index (χ2v) is 5.36. The first-order valence-corrected chi connectivity index (χ1v) is 7.72. The second kappa shape index (κ2) is 7.26. The van der Waals surface area contributed by atoms with Gasteiger partial charge >= 0.3 is 0 Å². The molecule has 0 bridgehead atoms. The largest absolute Gasteiger partial charge is 0.497 e. The number of aromatic nitrogens is 2. The van der Waals surface area contributed by atoms with Gasteiger partial charge in [-0.1, -0.05) is 6.92 Å². The molecule has 23 heavy (non-hydrogen) atoms. The van der Waals surface area contributed by atoms with Gasteiger partial charge in [0.1, 0.15) is 17.3 Å². The van der Waals surface area contributed by atoms with Crippen molar-refractivity contribution >= 4 is 5.91 Å². The lowest BCUT2D eigenvalue weighted by molar-refractivity contribution is 0.0928. The third-order valence-electron chi connectivity index (χ3n) is 3.75. The molecule has 6 heteroatoms. The van der Waals surface area contributed by atoms with Crippen molar-refractivity contribution in [3.63, 3.8) is 0 Å². The van der Waals surface area contributed by atoms with Crippen LogP contribution in [-0.2, 0) is 6.54 Å². The Balaban J connectivity index is 2.37. The van der Waals surface area contributed by atoms with Crippen LogP contribution in [0.5, 0.6) is 5.75 Å². The molecular formula is C17H22FN3O2. The number of nitrogens with one attached hydrogen (secondary N) is 1. The highest BCUT2D eigenvalue weighted by Gasteiger charge is 2.18. The molecule has 0 aliphatic carbocycles. The van der Waals surface area contributed by atoms with E-state index in [0.717, 1.165) is 6.42 Å². The lowest BCUT2D eigenvalue weighted by Gasteiger charge is -2.11. The lowest BCUT2D eigenvalue weighted by atomic mass is 10.1. The average Bonchev–Trinajstić information content (AvgIpc) is 2.98. The topological polar surface area (TPSA) is 56.1 Å². The van der Waals surface area contributed by atoms with Crippen LogP contribution in [0, 0.1) is 5.82 Å². The van der Waals surface area contributed by atoms with E-state index in [1.54, 1.807) is 22.9 Å². The van der Waals surface area contributed by atoms with Crippen molar-refractivity contribution in [2.45, 2.75) is 39.8 Å². The molecule has 1 N–H and O–H groups in total. The summed E-state index contributed by atoms with van der Waals surface area (Å²) in [6.45, 7) is 6.36. The van der Waals surface area contributed by atoms with E-state index in [9.17, 15) is 9.18 Å². The molecule has 1 atom stereocenters. The number of methoxy groups -OCH3 is 1.